The number of benzene rings is 2. The van der Waals surface area contributed by atoms with Gasteiger partial charge in [-0.05, 0) is 35.9 Å². The zero-order valence-corrected chi connectivity index (χ0v) is 16.3. The van der Waals surface area contributed by atoms with Gasteiger partial charge in [0.2, 0.25) is 11.7 Å². The third-order valence-electron chi connectivity index (χ3n) is 3.55. The van der Waals surface area contributed by atoms with Crippen molar-refractivity contribution in [3.8, 4) is 5.75 Å². The Bertz CT molecular complexity index is 998. The molecule has 0 fully saturated rings. The van der Waals surface area contributed by atoms with Crippen LogP contribution in [0.2, 0.25) is 15.1 Å². The number of nitrogens with zero attached hydrogens (tertiary/aromatic N) is 2. The predicted molar refractivity (Wildman–Crippen MR) is 105 cm³/mol. The molecule has 0 radical (unpaired) electrons. The molecule has 0 spiro atoms. The minimum Gasteiger partial charge on any atom is -0.485 e. The van der Waals surface area contributed by atoms with E-state index in [0.29, 0.717) is 22.5 Å². The molecule has 5 nitrogen and oxygen atoms in total. The van der Waals surface area contributed by atoms with Gasteiger partial charge in [0, 0.05) is 12.5 Å². The fourth-order valence-electron chi connectivity index (χ4n) is 2.20. The molecule has 2 aromatic carbocycles. The predicted octanol–water partition coefficient (Wildman–Crippen LogP) is 5.81. The Morgan fingerprint density at radius 3 is 2.52 bits per heavy atom. The summed E-state index contributed by atoms with van der Waals surface area (Å²) in [4.78, 5) is 16.4. The van der Waals surface area contributed by atoms with Crippen molar-refractivity contribution < 1.29 is 14.1 Å². The van der Waals surface area contributed by atoms with Crippen molar-refractivity contribution in [2.45, 2.75) is 13.5 Å². The molecule has 0 aliphatic heterocycles. The van der Waals surface area contributed by atoms with Gasteiger partial charge in [0.15, 0.2) is 12.4 Å². The van der Waals surface area contributed by atoms with E-state index in [4.69, 9.17) is 44.1 Å². The number of carbonyl (C=O) groups excluding carboxylic acids is 1. The fourth-order valence-corrected chi connectivity index (χ4v) is 2.83. The van der Waals surface area contributed by atoms with Gasteiger partial charge in [-0.25, -0.2) is 0 Å². The van der Waals surface area contributed by atoms with Crippen molar-refractivity contribution in [1.29, 1.82) is 0 Å². The van der Waals surface area contributed by atoms with Gasteiger partial charge in [-0.15, -0.1) is 0 Å². The Hall–Kier alpha value is -2.34. The van der Waals surface area contributed by atoms with Crippen molar-refractivity contribution in [3.63, 3.8) is 0 Å². The SMILES string of the molecule is Cc1nc(COc2ccc(C=CC(=O)c3ccc(Cl)c(Cl)c3Cl)cc2)no1. The quantitative estimate of drug-likeness (QED) is 0.284. The van der Waals surface area contributed by atoms with Gasteiger partial charge < -0.3 is 9.26 Å². The number of ether oxygens (including phenoxy) is 1. The molecular formula is C19H13Cl3N2O3. The summed E-state index contributed by atoms with van der Waals surface area (Å²) in [6, 6.07) is 10.3. The lowest BCUT2D eigenvalue weighted by Crippen LogP contribution is -1.97. The van der Waals surface area contributed by atoms with E-state index in [9.17, 15) is 4.79 Å². The first-order valence-electron chi connectivity index (χ1n) is 7.82. The van der Waals surface area contributed by atoms with Crippen LogP contribution in [0.1, 0.15) is 27.6 Å². The maximum Gasteiger partial charge on any atom is 0.223 e. The summed E-state index contributed by atoms with van der Waals surface area (Å²) < 4.78 is 10.5. The standard InChI is InChI=1S/C19H13Cl3N2O3/c1-11-23-17(24-27-11)10-26-13-5-2-12(3-6-13)4-9-16(25)14-7-8-15(20)19(22)18(14)21/h2-9H,10H2,1H3. The maximum absolute atomic E-state index is 12.3. The van der Waals surface area contributed by atoms with Crippen LogP contribution in [-0.2, 0) is 6.61 Å². The largest absolute Gasteiger partial charge is 0.485 e. The Morgan fingerprint density at radius 2 is 1.85 bits per heavy atom. The molecule has 0 aliphatic rings. The lowest BCUT2D eigenvalue weighted by molar-refractivity contribution is 0.104. The molecule has 0 saturated carbocycles. The van der Waals surface area contributed by atoms with Gasteiger partial charge in [0.25, 0.3) is 0 Å². The second kappa shape index (κ2) is 8.57. The number of aryl methyl sites for hydroxylation is 1. The van der Waals surface area contributed by atoms with Crippen molar-refractivity contribution >= 4 is 46.7 Å². The van der Waals surface area contributed by atoms with E-state index in [1.807, 2.05) is 12.1 Å². The average molecular weight is 424 g/mol. The van der Waals surface area contributed by atoms with Crippen LogP contribution in [0.15, 0.2) is 47.0 Å². The summed E-state index contributed by atoms with van der Waals surface area (Å²) in [7, 11) is 0. The topological polar surface area (TPSA) is 65.2 Å². The molecule has 1 heterocycles. The second-order valence-corrected chi connectivity index (χ2v) is 6.67. The second-order valence-electron chi connectivity index (χ2n) is 5.51. The van der Waals surface area contributed by atoms with Crippen LogP contribution in [0, 0.1) is 6.92 Å². The third-order valence-corrected chi connectivity index (χ3v) is 4.84. The van der Waals surface area contributed by atoms with E-state index in [1.54, 1.807) is 31.2 Å². The van der Waals surface area contributed by atoms with Crippen LogP contribution >= 0.6 is 34.8 Å². The molecule has 0 unspecified atom stereocenters. The Balaban J connectivity index is 1.63. The van der Waals surface area contributed by atoms with E-state index in [0.717, 1.165) is 5.56 Å². The van der Waals surface area contributed by atoms with Crippen molar-refractivity contribution in [1.82, 2.24) is 10.1 Å². The number of hydrogen-bond donors (Lipinski definition) is 0. The summed E-state index contributed by atoms with van der Waals surface area (Å²) in [6.45, 7) is 1.92. The van der Waals surface area contributed by atoms with Crippen LogP contribution in [0.4, 0.5) is 0 Å². The summed E-state index contributed by atoms with van der Waals surface area (Å²) in [6.07, 6.45) is 3.09. The van der Waals surface area contributed by atoms with Gasteiger partial charge in [0.1, 0.15) is 5.75 Å². The van der Waals surface area contributed by atoms with Gasteiger partial charge in [-0.2, -0.15) is 4.98 Å². The lowest BCUT2D eigenvalue weighted by Gasteiger charge is -2.04. The van der Waals surface area contributed by atoms with E-state index in [-0.39, 0.29) is 28.0 Å². The number of hydrogen-bond acceptors (Lipinski definition) is 5. The van der Waals surface area contributed by atoms with Crippen LogP contribution in [-0.4, -0.2) is 15.9 Å². The molecule has 3 rings (SSSR count). The molecule has 0 bridgehead atoms. The van der Waals surface area contributed by atoms with E-state index >= 15 is 0 Å². The van der Waals surface area contributed by atoms with E-state index in [2.05, 4.69) is 10.1 Å². The van der Waals surface area contributed by atoms with Gasteiger partial charge in [0.05, 0.1) is 15.1 Å². The van der Waals surface area contributed by atoms with Crippen molar-refractivity contribution in [3.05, 3.63) is 80.4 Å². The van der Waals surface area contributed by atoms with Gasteiger partial charge in [-0.1, -0.05) is 58.2 Å². The molecule has 0 aliphatic carbocycles. The van der Waals surface area contributed by atoms with Crippen molar-refractivity contribution in [2.75, 3.05) is 0 Å². The number of rotatable bonds is 6. The minimum atomic E-state index is -0.272. The summed E-state index contributed by atoms with van der Waals surface area (Å²) in [5.41, 5.74) is 1.11. The van der Waals surface area contributed by atoms with Crippen LogP contribution in [0.25, 0.3) is 6.08 Å². The molecule has 8 heteroatoms. The van der Waals surface area contributed by atoms with Gasteiger partial charge >= 0.3 is 0 Å². The molecule has 0 amide bonds. The molecule has 3 aromatic rings. The zero-order valence-electron chi connectivity index (χ0n) is 14.1. The molecule has 1 aromatic heterocycles. The minimum absolute atomic E-state index is 0.138. The highest BCUT2D eigenvalue weighted by Gasteiger charge is 2.13. The zero-order chi connectivity index (χ0) is 19.4. The van der Waals surface area contributed by atoms with E-state index in [1.165, 1.54) is 12.1 Å². The number of carbonyl (C=O) groups is 1. The smallest absolute Gasteiger partial charge is 0.223 e. The Morgan fingerprint density at radius 1 is 1.11 bits per heavy atom. The Labute approximate surface area is 170 Å². The molecule has 138 valence electrons. The summed E-state index contributed by atoms with van der Waals surface area (Å²) in [5.74, 6) is 1.33. The highest BCUT2D eigenvalue weighted by molar-refractivity contribution is 6.49. The number of aromatic nitrogens is 2. The highest BCUT2D eigenvalue weighted by atomic mass is 35.5. The van der Waals surface area contributed by atoms with Crippen LogP contribution in [0.3, 0.4) is 0 Å². The first-order valence-corrected chi connectivity index (χ1v) is 8.95. The van der Waals surface area contributed by atoms with Crippen LogP contribution in [0.5, 0.6) is 5.75 Å². The van der Waals surface area contributed by atoms with Crippen LogP contribution < -0.4 is 4.74 Å². The van der Waals surface area contributed by atoms with Gasteiger partial charge in [-0.3, -0.25) is 4.79 Å². The fraction of sp³-hybridized carbons (Fsp3) is 0.105. The molecule has 0 saturated heterocycles. The Kier molecular flexibility index (Phi) is 6.16. The maximum atomic E-state index is 12.3. The number of halogens is 3. The first-order chi connectivity index (χ1) is 12.9. The normalized spacial score (nSPS) is 11.1. The summed E-state index contributed by atoms with van der Waals surface area (Å²) in [5, 5.41) is 4.36. The van der Waals surface area contributed by atoms with E-state index < -0.39 is 0 Å². The highest BCUT2D eigenvalue weighted by Crippen LogP contribution is 2.33. The number of ketones is 1. The lowest BCUT2D eigenvalue weighted by atomic mass is 10.1. The molecule has 27 heavy (non-hydrogen) atoms. The number of allylic oxidation sites excluding steroid dienone is 1. The first kappa shape index (κ1) is 19.4. The monoisotopic (exact) mass is 422 g/mol. The molecular weight excluding hydrogens is 411 g/mol. The van der Waals surface area contributed by atoms with Crippen molar-refractivity contribution in [2.24, 2.45) is 0 Å². The molecule has 0 atom stereocenters. The molecule has 0 N–H and O–H groups in total. The third kappa shape index (κ3) is 4.89. The average Bonchev–Trinajstić information content (AvgIpc) is 3.09. The summed E-state index contributed by atoms with van der Waals surface area (Å²) >= 11 is 17.9.